The first-order valence-corrected chi connectivity index (χ1v) is 14.0. The predicted octanol–water partition coefficient (Wildman–Crippen LogP) is 2.26. The molecule has 13 heteroatoms. The zero-order chi connectivity index (χ0) is 24.9. The molecule has 0 radical (unpaired) electrons. The topological polar surface area (TPSA) is 146 Å². The Hall–Kier alpha value is -1.27. The van der Waals surface area contributed by atoms with Crippen LogP contribution in [-0.4, -0.2) is 69.2 Å². The number of thioether (sulfide) groups is 1. The highest BCUT2D eigenvalue weighted by molar-refractivity contribution is 8.13. The number of hydrogen-bond donors (Lipinski definition) is 2. The molecule has 3 N–H and O–H groups in total. The third-order valence-corrected chi connectivity index (χ3v) is 9.21. The molecule has 3 rings (SSSR count). The minimum absolute atomic E-state index is 0.0149. The van der Waals surface area contributed by atoms with Gasteiger partial charge in [0.1, 0.15) is 12.0 Å². The molecule has 2 aliphatic heterocycles. The highest BCUT2D eigenvalue weighted by atomic mass is 32.2. The minimum atomic E-state index is -3.57. The number of aromatic nitrogens is 2. The van der Waals surface area contributed by atoms with E-state index in [4.69, 9.17) is 19.5 Å². The zero-order valence-corrected chi connectivity index (χ0v) is 21.6. The van der Waals surface area contributed by atoms with Crippen LogP contribution >= 0.6 is 19.5 Å². The van der Waals surface area contributed by atoms with Gasteiger partial charge in [-0.05, 0) is 39.2 Å². The second-order valence-corrected chi connectivity index (χ2v) is 12.4. The van der Waals surface area contributed by atoms with Gasteiger partial charge < -0.3 is 15.6 Å². The van der Waals surface area contributed by atoms with Gasteiger partial charge in [-0.1, -0.05) is 18.7 Å². The summed E-state index contributed by atoms with van der Waals surface area (Å²) in [6, 6.07) is 1.54. The first-order chi connectivity index (χ1) is 16.1. The fraction of sp³-hybridized carbons (Fsp3) is 0.762. The lowest BCUT2D eigenvalue weighted by Gasteiger charge is -2.27. The molecule has 0 bridgehead atoms. The van der Waals surface area contributed by atoms with E-state index in [0.29, 0.717) is 25.3 Å². The van der Waals surface area contributed by atoms with Crippen molar-refractivity contribution in [3.8, 4) is 0 Å². The predicted molar refractivity (Wildman–Crippen MR) is 129 cm³/mol. The van der Waals surface area contributed by atoms with E-state index in [1.807, 2.05) is 6.92 Å². The molecule has 0 aromatic carbocycles. The Labute approximate surface area is 203 Å². The van der Waals surface area contributed by atoms with E-state index in [1.165, 1.54) is 4.57 Å². The number of rotatable bonds is 11. The van der Waals surface area contributed by atoms with Crippen LogP contribution in [0.4, 0.5) is 5.82 Å². The third kappa shape index (κ3) is 6.69. The first kappa shape index (κ1) is 27.3. The van der Waals surface area contributed by atoms with Crippen LogP contribution < -0.4 is 11.4 Å². The van der Waals surface area contributed by atoms with Crippen molar-refractivity contribution in [2.45, 2.75) is 52.4 Å². The van der Waals surface area contributed by atoms with E-state index in [-0.39, 0.29) is 42.8 Å². The molecule has 192 valence electrons. The van der Waals surface area contributed by atoms with Gasteiger partial charge in [-0.3, -0.25) is 18.4 Å². The van der Waals surface area contributed by atoms with E-state index >= 15 is 0 Å². The largest absolute Gasteiger partial charge is 0.408 e. The maximum absolute atomic E-state index is 13.6. The van der Waals surface area contributed by atoms with Crippen LogP contribution in [-0.2, 0) is 23.1 Å². The molecular formula is C21H35N4O7PS. The molecule has 4 atom stereocenters. The van der Waals surface area contributed by atoms with Crippen LogP contribution in [0.5, 0.6) is 0 Å². The zero-order valence-electron chi connectivity index (χ0n) is 19.9. The Bertz CT molecular complexity index is 953. The summed E-state index contributed by atoms with van der Waals surface area (Å²) in [4.78, 5) is 28.1. The summed E-state index contributed by atoms with van der Waals surface area (Å²) < 4.78 is 34.3. The fourth-order valence-electron chi connectivity index (χ4n) is 3.85. The maximum Gasteiger partial charge on any atom is 0.408 e. The average Bonchev–Trinajstić information content (AvgIpc) is 3.46. The molecule has 2 fully saturated rings. The van der Waals surface area contributed by atoms with Gasteiger partial charge in [0.15, 0.2) is 5.12 Å². The molecule has 11 nitrogen and oxygen atoms in total. The number of anilines is 1. The number of nitrogens with two attached hydrogens (primary N) is 1. The first-order valence-electron chi connectivity index (χ1n) is 11.5. The quantitative estimate of drug-likeness (QED) is 0.328. The number of carbonyl (C=O) groups excluding carboxylic acids is 1. The Morgan fingerprint density at radius 3 is 2.74 bits per heavy atom. The number of aliphatic hydroxyl groups is 1. The van der Waals surface area contributed by atoms with Crippen molar-refractivity contribution >= 4 is 30.4 Å². The summed E-state index contributed by atoms with van der Waals surface area (Å²) in [5.74, 6) is 0.464. The van der Waals surface area contributed by atoms with Crippen LogP contribution in [0.1, 0.15) is 46.3 Å². The summed E-state index contributed by atoms with van der Waals surface area (Å²) >= 11 is 1.04. The van der Waals surface area contributed by atoms with Crippen molar-refractivity contribution in [1.29, 1.82) is 0 Å². The molecule has 3 heterocycles. The summed E-state index contributed by atoms with van der Waals surface area (Å²) in [6.07, 6.45) is 3.09. The van der Waals surface area contributed by atoms with Gasteiger partial charge in [-0.25, -0.2) is 14.0 Å². The lowest BCUT2D eigenvalue weighted by atomic mass is 9.97. The molecular weight excluding hydrogens is 483 g/mol. The molecule has 2 aliphatic rings. The molecule has 1 aromatic rings. The summed E-state index contributed by atoms with van der Waals surface area (Å²) in [7, 11) is -3.57. The molecule has 0 spiro atoms. The monoisotopic (exact) mass is 518 g/mol. The molecule has 1 aromatic heterocycles. The van der Waals surface area contributed by atoms with E-state index in [0.717, 1.165) is 24.6 Å². The second-order valence-electron chi connectivity index (χ2n) is 9.34. The van der Waals surface area contributed by atoms with E-state index < -0.39 is 25.1 Å². The van der Waals surface area contributed by atoms with E-state index in [2.05, 4.69) is 4.98 Å². The van der Waals surface area contributed by atoms with Crippen LogP contribution in [0.3, 0.4) is 0 Å². The van der Waals surface area contributed by atoms with Crippen LogP contribution in [0.15, 0.2) is 17.1 Å². The number of carbonyl (C=O) groups is 1. The number of hydrogen-bond acceptors (Lipinski definition) is 10. The molecule has 1 unspecified atom stereocenters. The number of nitrogens with zero attached hydrogens (tertiary/aromatic N) is 3. The van der Waals surface area contributed by atoms with Gasteiger partial charge in [0.2, 0.25) is 0 Å². The molecule has 34 heavy (non-hydrogen) atoms. The van der Waals surface area contributed by atoms with Crippen molar-refractivity contribution in [3.63, 3.8) is 0 Å². The number of nitrogen functional groups attached to an aromatic ring is 1. The molecule has 2 saturated heterocycles. The highest BCUT2D eigenvalue weighted by Crippen LogP contribution is 2.54. The number of ether oxygens (including phenoxy) is 1. The highest BCUT2D eigenvalue weighted by Gasteiger charge is 2.40. The van der Waals surface area contributed by atoms with Crippen LogP contribution in [0.25, 0.3) is 0 Å². The molecule has 0 saturated carbocycles. The van der Waals surface area contributed by atoms with Crippen molar-refractivity contribution in [2.75, 3.05) is 44.4 Å². The Morgan fingerprint density at radius 2 is 2.09 bits per heavy atom. The lowest BCUT2D eigenvalue weighted by molar-refractivity contribution is -0.119. The lowest BCUT2D eigenvalue weighted by Crippen LogP contribution is -2.30. The van der Waals surface area contributed by atoms with Crippen LogP contribution in [0.2, 0.25) is 0 Å². The Balaban J connectivity index is 1.57. The van der Waals surface area contributed by atoms with Crippen molar-refractivity contribution < 1.29 is 28.3 Å². The van der Waals surface area contributed by atoms with Gasteiger partial charge in [0.05, 0.1) is 31.3 Å². The van der Waals surface area contributed by atoms with Gasteiger partial charge in [-0.2, -0.15) is 4.98 Å². The Kier molecular flexibility index (Phi) is 9.36. The second kappa shape index (κ2) is 11.6. The van der Waals surface area contributed by atoms with Gasteiger partial charge >= 0.3 is 13.4 Å². The van der Waals surface area contributed by atoms with Crippen molar-refractivity contribution in [1.82, 2.24) is 14.2 Å². The molecule has 0 amide bonds. The summed E-state index contributed by atoms with van der Waals surface area (Å²) in [5, 5.41) is 9.18. The van der Waals surface area contributed by atoms with Crippen molar-refractivity contribution in [3.05, 3.63) is 22.7 Å². The minimum Gasteiger partial charge on any atom is -0.395 e. The SMILES string of the molecule is C[C@H]1C[C@@H](COP(=O)(OCCSC(=O)C(C)(C)CO)N2CCCC2)O[C@H]1n1ccc(N)nc1=O. The summed E-state index contributed by atoms with van der Waals surface area (Å²) in [5.41, 5.74) is 4.25. The standard InChI is InChI=1S/C21H35N4O7PS/c1-15-12-16(32-18(15)25-9-6-17(22)23-20(25)28)13-31-33(29,24-7-4-5-8-24)30-10-11-34-19(27)21(2,3)14-26/h6,9,15-16,18,26H,4-5,7-8,10-14H2,1-3H3,(H2,22,23,28)/t15-,16-,18+,33?/m0/s1. The normalized spacial score (nSPS) is 25.5. The summed E-state index contributed by atoms with van der Waals surface area (Å²) in [6.45, 7) is 6.41. The van der Waals surface area contributed by atoms with Gasteiger partial charge in [0.25, 0.3) is 0 Å². The van der Waals surface area contributed by atoms with Gasteiger partial charge in [0, 0.05) is 31.0 Å². The number of aliphatic hydroxyl groups excluding tert-OH is 1. The van der Waals surface area contributed by atoms with Crippen molar-refractivity contribution in [2.24, 2.45) is 11.3 Å². The third-order valence-electron chi connectivity index (χ3n) is 5.95. The maximum atomic E-state index is 13.6. The van der Waals surface area contributed by atoms with E-state index in [1.54, 1.807) is 30.8 Å². The molecule has 0 aliphatic carbocycles. The Morgan fingerprint density at radius 1 is 1.38 bits per heavy atom. The van der Waals surface area contributed by atoms with E-state index in [9.17, 15) is 19.3 Å². The van der Waals surface area contributed by atoms with Crippen LogP contribution in [0, 0.1) is 11.3 Å². The smallest absolute Gasteiger partial charge is 0.395 e. The average molecular weight is 519 g/mol. The van der Waals surface area contributed by atoms with Gasteiger partial charge in [-0.15, -0.1) is 0 Å². The fourth-order valence-corrected chi connectivity index (χ4v) is 6.64.